The maximum atomic E-state index is 12.0. The SMILES string of the molecule is COC(OC)C(C)NC(=S)NC(=O)c1ccc(C)cc1. The first-order chi connectivity index (χ1) is 9.47. The van der Waals surface area contributed by atoms with Crippen LogP contribution in [0.3, 0.4) is 0 Å². The molecule has 0 aromatic heterocycles. The summed E-state index contributed by atoms with van der Waals surface area (Å²) in [6, 6.07) is 7.07. The molecule has 0 saturated carbocycles. The zero-order chi connectivity index (χ0) is 15.1. The number of carbonyl (C=O) groups excluding carboxylic acids is 1. The number of nitrogens with one attached hydrogen (secondary N) is 2. The van der Waals surface area contributed by atoms with E-state index in [1.54, 1.807) is 26.4 Å². The summed E-state index contributed by atoms with van der Waals surface area (Å²) in [5.41, 5.74) is 1.65. The molecule has 0 saturated heterocycles. The van der Waals surface area contributed by atoms with E-state index in [-0.39, 0.29) is 17.1 Å². The molecule has 0 bridgehead atoms. The van der Waals surface area contributed by atoms with Crippen LogP contribution in [0.15, 0.2) is 24.3 Å². The van der Waals surface area contributed by atoms with Crippen molar-refractivity contribution in [3.05, 3.63) is 35.4 Å². The van der Waals surface area contributed by atoms with E-state index in [1.807, 2.05) is 26.0 Å². The van der Waals surface area contributed by atoms with Gasteiger partial charge in [0.1, 0.15) is 0 Å². The Morgan fingerprint density at radius 2 is 1.75 bits per heavy atom. The zero-order valence-corrected chi connectivity index (χ0v) is 12.9. The Balaban J connectivity index is 2.53. The maximum Gasteiger partial charge on any atom is 0.257 e. The van der Waals surface area contributed by atoms with E-state index in [9.17, 15) is 4.79 Å². The topological polar surface area (TPSA) is 59.6 Å². The van der Waals surface area contributed by atoms with Crippen LogP contribution in [0.2, 0.25) is 0 Å². The van der Waals surface area contributed by atoms with Gasteiger partial charge in [0.2, 0.25) is 0 Å². The summed E-state index contributed by atoms with van der Waals surface area (Å²) in [5.74, 6) is -0.249. The van der Waals surface area contributed by atoms with Gasteiger partial charge in [0.15, 0.2) is 11.4 Å². The van der Waals surface area contributed by atoms with Gasteiger partial charge in [-0.05, 0) is 38.2 Å². The normalized spacial score (nSPS) is 12.1. The van der Waals surface area contributed by atoms with E-state index in [4.69, 9.17) is 21.7 Å². The number of rotatable bonds is 5. The molecule has 1 aromatic rings. The Morgan fingerprint density at radius 3 is 2.25 bits per heavy atom. The summed E-state index contributed by atoms with van der Waals surface area (Å²) >= 11 is 5.09. The van der Waals surface area contributed by atoms with Crippen LogP contribution in [0.4, 0.5) is 0 Å². The van der Waals surface area contributed by atoms with Gasteiger partial charge in [0, 0.05) is 19.8 Å². The lowest BCUT2D eigenvalue weighted by Gasteiger charge is -2.23. The second-order valence-electron chi connectivity index (χ2n) is 4.42. The third-order valence-corrected chi connectivity index (χ3v) is 2.99. The average molecular weight is 296 g/mol. The number of amides is 1. The fourth-order valence-electron chi connectivity index (χ4n) is 1.70. The Hall–Kier alpha value is -1.50. The molecule has 0 aliphatic heterocycles. The summed E-state index contributed by atoms with van der Waals surface area (Å²) in [6.07, 6.45) is -0.441. The molecule has 0 aliphatic rings. The smallest absolute Gasteiger partial charge is 0.257 e. The highest BCUT2D eigenvalue weighted by Gasteiger charge is 2.17. The third-order valence-electron chi connectivity index (χ3n) is 2.77. The molecule has 0 heterocycles. The molecule has 1 rings (SSSR count). The average Bonchev–Trinajstić information content (AvgIpc) is 2.40. The monoisotopic (exact) mass is 296 g/mol. The summed E-state index contributed by atoms with van der Waals surface area (Å²) < 4.78 is 10.2. The predicted molar refractivity (Wildman–Crippen MR) is 81.6 cm³/mol. The third kappa shape index (κ3) is 4.88. The molecule has 1 aromatic carbocycles. The lowest BCUT2D eigenvalue weighted by atomic mass is 10.1. The van der Waals surface area contributed by atoms with E-state index >= 15 is 0 Å². The molecule has 5 nitrogen and oxygen atoms in total. The van der Waals surface area contributed by atoms with Crippen molar-refractivity contribution in [1.29, 1.82) is 0 Å². The lowest BCUT2D eigenvalue weighted by molar-refractivity contribution is -0.116. The number of methoxy groups -OCH3 is 2. The summed E-state index contributed by atoms with van der Waals surface area (Å²) in [6.45, 7) is 3.81. The largest absolute Gasteiger partial charge is 0.355 e. The summed E-state index contributed by atoms with van der Waals surface area (Å²) in [7, 11) is 3.08. The van der Waals surface area contributed by atoms with Gasteiger partial charge in [0.05, 0.1) is 6.04 Å². The molecule has 0 aliphatic carbocycles. The highest BCUT2D eigenvalue weighted by molar-refractivity contribution is 7.80. The predicted octanol–water partition coefficient (Wildman–Crippen LogP) is 1.61. The fourth-order valence-corrected chi connectivity index (χ4v) is 1.97. The highest BCUT2D eigenvalue weighted by atomic mass is 32.1. The van der Waals surface area contributed by atoms with Crippen LogP contribution in [0, 0.1) is 6.92 Å². The molecule has 0 spiro atoms. The number of benzene rings is 1. The van der Waals surface area contributed by atoms with Crippen molar-refractivity contribution >= 4 is 23.2 Å². The van der Waals surface area contributed by atoms with Crippen molar-refractivity contribution in [3.63, 3.8) is 0 Å². The van der Waals surface area contributed by atoms with Crippen LogP contribution in [0.1, 0.15) is 22.8 Å². The van der Waals surface area contributed by atoms with Crippen molar-refractivity contribution in [2.75, 3.05) is 14.2 Å². The van der Waals surface area contributed by atoms with Crippen molar-refractivity contribution in [2.24, 2.45) is 0 Å². The molecule has 1 amide bonds. The Kier molecular flexibility index (Phi) is 6.57. The van der Waals surface area contributed by atoms with Crippen LogP contribution in [0.25, 0.3) is 0 Å². The van der Waals surface area contributed by atoms with Gasteiger partial charge < -0.3 is 14.8 Å². The van der Waals surface area contributed by atoms with Gasteiger partial charge in [-0.2, -0.15) is 0 Å². The van der Waals surface area contributed by atoms with Crippen molar-refractivity contribution < 1.29 is 14.3 Å². The van der Waals surface area contributed by atoms with Crippen LogP contribution in [-0.2, 0) is 9.47 Å². The van der Waals surface area contributed by atoms with Gasteiger partial charge in [0.25, 0.3) is 5.91 Å². The second-order valence-corrected chi connectivity index (χ2v) is 4.83. The highest BCUT2D eigenvalue weighted by Crippen LogP contribution is 2.03. The number of aryl methyl sites for hydroxylation is 1. The first kappa shape index (κ1) is 16.6. The Labute approximate surface area is 124 Å². The molecule has 6 heteroatoms. The van der Waals surface area contributed by atoms with E-state index in [0.717, 1.165) is 5.56 Å². The number of hydrogen-bond acceptors (Lipinski definition) is 4. The van der Waals surface area contributed by atoms with Gasteiger partial charge in [-0.3, -0.25) is 10.1 Å². The Morgan fingerprint density at radius 1 is 1.20 bits per heavy atom. The lowest BCUT2D eigenvalue weighted by Crippen LogP contribution is -2.48. The van der Waals surface area contributed by atoms with E-state index < -0.39 is 6.29 Å². The standard InChI is InChI=1S/C14H20N2O3S/c1-9-5-7-11(8-6-9)12(17)16-14(20)15-10(2)13(18-3)19-4/h5-8,10,13H,1-4H3,(H2,15,16,17,20). The minimum absolute atomic E-state index is 0.184. The Bertz CT molecular complexity index is 458. The summed E-state index contributed by atoms with van der Waals surface area (Å²) in [4.78, 5) is 12.0. The van der Waals surface area contributed by atoms with Crippen molar-refractivity contribution in [3.8, 4) is 0 Å². The van der Waals surface area contributed by atoms with Gasteiger partial charge in [-0.15, -0.1) is 0 Å². The minimum atomic E-state index is -0.441. The first-order valence-corrected chi connectivity index (χ1v) is 6.63. The molecular weight excluding hydrogens is 276 g/mol. The quantitative estimate of drug-likeness (QED) is 0.638. The number of hydrogen-bond donors (Lipinski definition) is 2. The van der Waals surface area contributed by atoms with Crippen LogP contribution >= 0.6 is 12.2 Å². The molecule has 2 N–H and O–H groups in total. The molecule has 110 valence electrons. The zero-order valence-electron chi connectivity index (χ0n) is 12.1. The van der Waals surface area contributed by atoms with Gasteiger partial charge >= 0.3 is 0 Å². The van der Waals surface area contributed by atoms with E-state index in [1.165, 1.54) is 0 Å². The van der Waals surface area contributed by atoms with E-state index in [2.05, 4.69) is 10.6 Å². The van der Waals surface area contributed by atoms with Gasteiger partial charge in [-0.25, -0.2) is 0 Å². The molecule has 0 radical (unpaired) electrons. The molecule has 1 atom stereocenters. The first-order valence-electron chi connectivity index (χ1n) is 6.22. The second kappa shape index (κ2) is 7.94. The van der Waals surface area contributed by atoms with Crippen molar-refractivity contribution in [1.82, 2.24) is 10.6 Å². The minimum Gasteiger partial charge on any atom is -0.355 e. The number of ether oxygens (including phenoxy) is 2. The number of carbonyl (C=O) groups is 1. The number of thiocarbonyl (C=S) groups is 1. The van der Waals surface area contributed by atoms with Crippen LogP contribution < -0.4 is 10.6 Å². The summed E-state index contributed by atoms with van der Waals surface area (Å²) in [5, 5.41) is 5.80. The molecule has 1 unspecified atom stereocenters. The van der Waals surface area contributed by atoms with E-state index in [0.29, 0.717) is 5.56 Å². The fraction of sp³-hybridized carbons (Fsp3) is 0.429. The maximum absolute atomic E-state index is 12.0. The van der Waals surface area contributed by atoms with Crippen LogP contribution in [-0.4, -0.2) is 37.6 Å². The van der Waals surface area contributed by atoms with Gasteiger partial charge in [-0.1, -0.05) is 17.7 Å². The molecule has 0 fully saturated rings. The molecular formula is C14H20N2O3S. The van der Waals surface area contributed by atoms with Crippen LogP contribution in [0.5, 0.6) is 0 Å². The molecule has 20 heavy (non-hydrogen) atoms. The van der Waals surface area contributed by atoms with Crippen molar-refractivity contribution in [2.45, 2.75) is 26.2 Å².